The highest BCUT2D eigenvalue weighted by Gasteiger charge is 2.15. The van der Waals surface area contributed by atoms with Crippen LogP contribution in [0.4, 0.5) is 0 Å². The Morgan fingerprint density at radius 1 is 0.778 bits per heavy atom. The Hall–Kier alpha value is -2.06. The number of hydrogen-bond acceptors (Lipinski definition) is 0. The number of para-hydroxylation sites is 1. The molecule has 2 heteroatoms. The van der Waals surface area contributed by atoms with Crippen LogP contribution in [0.25, 0.3) is 32.9 Å². The molecule has 3 aromatic carbocycles. The highest BCUT2D eigenvalue weighted by Crippen LogP contribution is 2.37. The van der Waals surface area contributed by atoms with Crippen LogP contribution in [-0.2, 0) is 6.54 Å². The van der Waals surface area contributed by atoms with Crippen molar-refractivity contribution < 1.29 is 0 Å². The maximum absolute atomic E-state index is 3.66. The highest BCUT2D eigenvalue weighted by atomic mass is 79.9. The van der Waals surface area contributed by atoms with E-state index < -0.39 is 0 Å². The molecule has 0 unspecified atom stereocenters. The third-order valence-corrected chi connectivity index (χ3v) is 5.91. The van der Waals surface area contributed by atoms with E-state index in [0.717, 1.165) is 11.0 Å². The molecule has 0 aliphatic heterocycles. The molecule has 0 aliphatic rings. The molecule has 0 atom stereocenters. The number of halogens is 1. The molecule has 0 saturated carbocycles. The van der Waals surface area contributed by atoms with Gasteiger partial charge < -0.3 is 4.57 Å². The zero-order valence-corrected chi connectivity index (χ0v) is 17.5. The van der Waals surface area contributed by atoms with E-state index in [9.17, 15) is 0 Å². The minimum atomic E-state index is 1.08. The fourth-order valence-corrected chi connectivity index (χ4v) is 4.45. The summed E-state index contributed by atoms with van der Waals surface area (Å²) in [5, 5.41) is 2.69. The van der Waals surface area contributed by atoms with E-state index in [4.69, 9.17) is 0 Å². The Kier molecular flexibility index (Phi) is 5.63. The van der Waals surface area contributed by atoms with Crippen LogP contribution in [0.5, 0.6) is 0 Å². The number of benzene rings is 3. The number of nitrogens with zero attached hydrogens (tertiary/aromatic N) is 1. The van der Waals surface area contributed by atoms with Crippen LogP contribution in [0.3, 0.4) is 0 Å². The van der Waals surface area contributed by atoms with E-state index in [0.29, 0.717) is 0 Å². The minimum absolute atomic E-state index is 1.08. The Morgan fingerprint density at radius 3 is 2.41 bits per heavy atom. The highest BCUT2D eigenvalue weighted by molar-refractivity contribution is 9.10. The first-order chi connectivity index (χ1) is 13.3. The fourth-order valence-electron chi connectivity index (χ4n) is 4.09. The van der Waals surface area contributed by atoms with E-state index in [1.807, 2.05) is 0 Å². The molecule has 4 rings (SSSR count). The number of hydrogen-bond donors (Lipinski definition) is 0. The van der Waals surface area contributed by atoms with Crippen LogP contribution in [0, 0.1) is 0 Å². The zero-order valence-electron chi connectivity index (χ0n) is 15.9. The average Bonchev–Trinajstić information content (AvgIpc) is 3.02. The Morgan fingerprint density at radius 2 is 1.59 bits per heavy atom. The second-order valence-corrected chi connectivity index (χ2v) is 8.21. The number of fused-ring (bicyclic) bond motifs is 3. The van der Waals surface area contributed by atoms with Crippen LogP contribution >= 0.6 is 15.9 Å². The van der Waals surface area contributed by atoms with Gasteiger partial charge in [0, 0.05) is 32.9 Å². The van der Waals surface area contributed by atoms with Crippen molar-refractivity contribution in [3.8, 4) is 11.1 Å². The molecule has 27 heavy (non-hydrogen) atoms. The molecule has 0 fully saturated rings. The number of rotatable bonds is 7. The third kappa shape index (κ3) is 3.68. The van der Waals surface area contributed by atoms with Crippen molar-refractivity contribution in [1.29, 1.82) is 0 Å². The van der Waals surface area contributed by atoms with Crippen LogP contribution in [0.2, 0.25) is 0 Å². The lowest BCUT2D eigenvalue weighted by atomic mass is 10.0. The van der Waals surface area contributed by atoms with Crippen LogP contribution in [-0.4, -0.2) is 4.57 Å². The Bertz CT molecular complexity index is 1050. The Labute approximate surface area is 170 Å². The van der Waals surface area contributed by atoms with Gasteiger partial charge in [0.2, 0.25) is 0 Å². The van der Waals surface area contributed by atoms with Gasteiger partial charge in [0.15, 0.2) is 0 Å². The normalized spacial score (nSPS) is 11.5. The molecule has 0 saturated heterocycles. The molecule has 0 spiro atoms. The van der Waals surface area contributed by atoms with Gasteiger partial charge in [0.1, 0.15) is 0 Å². The summed E-state index contributed by atoms with van der Waals surface area (Å²) in [6.45, 7) is 3.35. The largest absolute Gasteiger partial charge is 0.340 e. The third-order valence-electron chi connectivity index (χ3n) is 5.42. The summed E-state index contributed by atoms with van der Waals surface area (Å²) in [5.74, 6) is 0. The van der Waals surface area contributed by atoms with Gasteiger partial charge in [-0.05, 0) is 30.2 Å². The van der Waals surface area contributed by atoms with Crippen molar-refractivity contribution in [2.24, 2.45) is 0 Å². The molecule has 0 bridgehead atoms. The van der Waals surface area contributed by atoms with Crippen molar-refractivity contribution in [1.82, 2.24) is 4.57 Å². The molecule has 4 aromatic rings. The molecule has 1 aromatic heterocycles. The fraction of sp³-hybridized carbons (Fsp3) is 0.280. The number of aryl methyl sites for hydroxylation is 1. The topological polar surface area (TPSA) is 4.93 Å². The minimum Gasteiger partial charge on any atom is -0.340 e. The summed E-state index contributed by atoms with van der Waals surface area (Å²) in [5.41, 5.74) is 5.32. The summed E-state index contributed by atoms with van der Waals surface area (Å²) in [4.78, 5) is 0. The van der Waals surface area contributed by atoms with Crippen LogP contribution in [0.15, 0.2) is 71.2 Å². The van der Waals surface area contributed by atoms with Crippen molar-refractivity contribution in [2.75, 3.05) is 0 Å². The van der Waals surface area contributed by atoms with Crippen LogP contribution < -0.4 is 0 Å². The average molecular weight is 420 g/mol. The summed E-state index contributed by atoms with van der Waals surface area (Å²) < 4.78 is 3.69. The van der Waals surface area contributed by atoms with E-state index >= 15 is 0 Å². The standard InChI is InChI=1S/C25H26BrN/c1-2-3-4-5-9-17-27-24-16-15-20(26)18-23(24)22-14-10-13-21(25(22)27)19-11-7-6-8-12-19/h6-8,10-16,18H,2-5,9,17H2,1H3. The molecule has 0 radical (unpaired) electrons. The quantitative estimate of drug-likeness (QED) is 0.266. The monoisotopic (exact) mass is 419 g/mol. The van der Waals surface area contributed by atoms with Gasteiger partial charge in [-0.3, -0.25) is 0 Å². The van der Waals surface area contributed by atoms with Crippen molar-refractivity contribution in [3.05, 3.63) is 71.2 Å². The molecular formula is C25H26BrN. The van der Waals surface area contributed by atoms with Crippen molar-refractivity contribution in [3.63, 3.8) is 0 Å². The maximum atomic E-state index is 3.66. The lowest BCUT2D eigenvalue weighted by Gasteiger charge is -2.11. The molecule has 138 valence electrons. The van der Waals surface area contributed by atoms with Gasteiger partial charge in [-0.15, -0.1) is 0 Å². The second-order valence-electron chi connectivity index (χ2n) is 7.30. The van der Waals surface area contributed by atoms with Crippen LogP contribution in [0.1, 0.15) is 39.0 Å². The predicted octanol–water partition coefficient (Wildman–Crippen LogP) is 8.19. The van der Waals surface area contributed by atoms with Gasteiger partial charge in [-0.25, -0.2) is 0 Å². The number of unbranched alkanes of at least 4 members (excludes halogenated alkanes) is 4. The molecule has 0 N–H and O–H groups in total. The van der Waals surface area contributed by atoms with E-state index in [1.54, 1.807) is 0 Å². The first-order valence-electron chi connectivity index (χ1n) is 10.1. The smallest absolute Gasteiger partial charge is 0.0571 e. The lowest BCUT2D eigenvalue weighted by molar-refractivity contribution is 0.584. The molecule has 0 amide bonds. The first-order valence-corrected chi connectivity index (χ1v) is 10.8. The second kappa shape index (κ2) is 8.31. The van der Waals surface area contributed by atoms with E-state index in [1.165, 1.54) is 65.0 Å². The summed E-state index contributed by atoms with van der Waals surface area (Å²) in [6, 6.07) is 24.2. The van der Waals surface area contributed by atoms with Gasteiger partial charge in [0.25, 0.3) is 0 Å². The maximum Gasteiger partial charge on any atom is 0.0571 e. The predicted molar refractivity (Wildman–Crippen MR) is 121 cm³/mol. The SMILES string of the molecule is CCCCCCCn1c2ccc(Br)cc2c2cccc(-c3ccccc3)c21. The lowest BCUT2D eigenvalue weighted by Crippen LogP contribution is -1.99. The molecule has 1 nitrogen and oxygen atoms in total. The van der Waals surface area contributed by atoms with E-state index in [-0.39, 0.29) is 0 Å². The molecule has 1 heterocycles. The van der Waals surface area contributed by atoms with E-state index in [2.05, 4.69) is 94.2 Å². The summed E-state index contributed by atoms with van der Waals surface area (Å²) >= 11 is 3.66. The van der Waals surface area contributed by atoms with Gasteiger partial charge in [-0.2, -0.15) is 0 Å². The summed E-state index contributed by atoms with van der Waals surface area (Å²) in [7, 11) is 0. The van der Waals surface area contributed by atoms with Crippen molar-refractivity contribution in [2.45, 2.75) is 45.6 Å². The van der Waals surface area contributed by atoms with Crippen molar-refractivity contribution >= 4 is 37.7 Å². The molecular weight excluding hydrogens is 394 g/mol. The van der Waals surface area contributed by atoms with Gasteiger partial charge >= 0.3 is 0 Å². The Balaban J connectivity index is 1.86. The van der Waals surface area contributed by atoms with Gasteiger partial charge in [-0.1, -0.05) is 97.1 Å². The van der Waals surface area contributed by atoms with Gasteiger partial charge in [0.05, 0.1) is 5.52 Å². The number of aromatic nitrogens is 1. The summed E-state index contributed by atoms with van der Waals surface area (Å²) in [6.07, 6.45) is 6.51. The zero-order chi connectivity index (χ0) is 18.6. The molecule has 0 aliphatic carbocycles. The first kappa shape index (κ1) is 18.3.